The molecular weight excluding hydrogens is 248 g/mol. The number of hydrogen-bond donors (Lipinski definition) is 2. The fourth-order valence-corrected chi connectivity index (χ4v) is 1.27. The van der Waals surface area contributed by atoms with Crippen LogP contribution in [0.3, 0.4) is 0 Å². The Hall–Kier alpha value is -2.24. The number of methoxy groups -OCH3 is 1. The van der Waals surface area contributed by atoms with Gasteiger partial charge in [-0.25, -0.2) is 15.0 Å². The zero-order chi connectivity index (χ0) is 14.5. The standard InChI is InChI=1S/C13H18N2O4/c1-13(2,3)19-12(17)15-14-10-7-5-6-9(8-10)11(16)18-4/h5-8,14H,1-4H3,(H,15,17). The molecule has 1 rings (SSSR count). The fourth-order valence-electron chi connectivity index (χ4n) is 1.27. The first-order valence-corrected chi connectivity index (χ1v) is 5.75. The number of hydrazine groups is 1. The smallest absolute Gasteiger partial charge is 0.426 e. The van der Waals surface area contributed by atoms with E-state index in [2.05, 4.69) is 15.6 Å². The van der Waals surface area contributed by atoms with Crippen LogP contribution in [0.4, 0.5) is 10.5 Å². The second-order valence-corrected chi connectivity index (χ2v) is 4.82. The quantitative estimate of drug-likeness (QED) is 0.648. The second-order valence-electron chi connectivity index (χ2n) is 4.82. The maximum absolute atomic E-state index is 11.4. The Morgan fingerprint density at radius 1 is 1.21 bits per heavy atom. The van der Waals surface area contributed by atoms with Crippen LogP contribution in [-0.2, 0) is 9.47 Å². The molecule has 104 valence electrons. The number of carbonyl (C=O) groups is 2. The Morgan fingerprint density at radius 3 is 2.47 bits per heavy atom. The minimum atomic E-state index is -0.601. The van der Waals surface area contributed by atoms with Gasteiger partial charge in [0.05, 0.1) is 18.4 Å². The lowest BCUT2D eigenvalue weighted by Crippen LogP contribution is -2.35. The van der Waals surface area contributed by atoms with Crippen LogP contribution in [0.15, 0.2) is 24.3 Å². The molecule has 0 fully saturated rings. The Morgan fingerprint density at radius 2 is 1.89 bits per heavy atom. The molecule has 19 heavy (non-hydrogen) atoms. The summed E-state index contributed by atoms with van der Waals surface area (Å²) in [6, 6.07) is 6.54. The molecule has 6 nitrogen and oxygen atoms in total. The van der Waals surface area contributed by atoms with E-state index in [1.54, 1.807) is 45.0 Å². The number of amides is 1. The van der Waals surface area contributed by atoms with E-state index in [9.17, 15) is 9.59 Å². The summed E-state index contributed by atoms with van der Waals surface area (Å²) in [5.41, 5.74) is 5.40. The SMILES string of the molecule is COC(=O)c1cccc(NNC(=O)OC(C)(C)C)c1. The van der Waals surface area contributed by atoms with Gasteiger partial charge in [-0.05, 0) is 39.0 Å². The predicted octanol–water partition coefficient (Wildman–Crippen LogP) is 2.32. The van der Waals surface area contributed by atoms with Crippen molar-refractivity contribution in [3.8, 4) is 0 Å². The molecule has 1 aromatic carbocycles. The average Bonchev–Trinajstić information content (AvgIpc) is 2.34. The number of anilines is 1. The zero-order valence-electron chi connectivity index (χ0n) is 11.4. The van der Waals surface area contributed by atoms with Crippen molar-refractivity contribution in [1.82, 2.24) is 5.43 Å². The van der Waals surface area contributed by atoms with Gasteiger partial charge < -0.3 is 9.47 Å². The van der Waals surface area contributed by atoms with E-state index in [1.807, 2.05) is 0 Å². The van der Waals surface area contributed by atoms with Crippen LogP contribution in [0.1, 0.15) is 31.1 Å². The lowest BCUT2D eigenvalue weighted by atomic mass is 10.2. The third kappa shape index (κ3) is 5.29. The molecule has 0 saturated carbocycles. The summed E-state index contributed by atoms with van der Waals surface area (Å²) in [7, 11) is 1.31. The Bertz CT molecular complexity index is 466. The first-order chi connectivity index (χ1) is 8.81. The number of rotatable bonds is 3. The molecule has 0 saturated heterocycles. The lowest BCUT2D eigenvalue weighted by Gasteiger charge is -2.20. The van der Waals surface area contributed by atoms with Crippen LogP contribution in [0.2, 0.25) is 0 Å². The highest BCUT2D eigenvalue weighted by atomic mass is 16.6. The summed E-state index contributed by atoms with van der Waals surface area (Å²) in [5, 5.41) is 0. The van der Waals surface area contributed by atoms with Crippen LogP contribution in [0.5, 0.6) is 0 Å². The molecule has 0 aliphatic rings. The highest BCUT2D eigenvalue weighted by Gasteiger charge is 2.15. The average molecular weight is 266 g/mol. The first kappa shape index (κ1) is 14.8. The van der Waals surface area contributed by atoms with E-state index in [0.717, 1.165) is 0 Å². The van der Waals surface area contributed by atoms with E-state index in [1.165, 1.54) is 7.11 Å². The molecule has 0 bridgehead atoms. The van der Waals surface area contributed by atoms with Crippen LogP contribution < -0.4 is 10.9 Å². The van der Waals surface area contributed by atoms with Crippen LogP contribution >= 0.6 is 0 Å². The maximum atomic E-state index is 11.4. The topological polar surface area (TPSA) is 76.7 Å². The van der Waals surface area contributed by atoms with Crippen molar-refractivity contribution in [3.05, 3.63) is 29.8 Å². The van der Waals surface area contributed by atoms with E-state index >= 15 is 0 Å². The molecule has 0 unspecified atom stereocenters. The van der Waals surface area contributed by atoms with E-state index in [-0.39, 0.29) is 0 Å². The van der Waals surface area contributed by atoms with Crippen molar-refractivity contribution < 1.29 is 19.1 Å². The minimum absolute atomic E-state index is 0.387. The normalized spacial score (nSPS) is 10.5. The molecule has 0 atom stereocenters. The largest absolute Gasteiger partial charge is 0.465 e. The third-order valence-corrected chi connectivity index (χ3v) is 1.99. The minimum Gasteiger partial charge on any atom is -0.465 e. The van der Waals surface area contributed by atoms with Gasteiger partial charge in [0.2, 0.25) is 0 Å². The summed E-state index contributed by atoms with van der Waals surface area (Å²) in [6.45, 7) is 5.30. The van der Waals surface area contributed by atoms with Crippen molar-refractivity contribution in [2.75, 3.05) is 12.5 Å². The number of nitrogens with one attached hydrogen (secondary N) is 2. The van der Waals surface area contributed by atoms with Gasteiger partial charge in [0.15, 0.2) is 0 Å². The summed E-state index contributed by atoms with van der Waals surface area (Å²) in [4.78, 5) is 22.7. The fraction of sp³-hybridized carbons (Fsp3) is 0.385. The molecule has 0 aliphatic carbocycles. The first-order valence-electron chi connectivity index (χ1n) is 5.75. The Labute approximate surface area is 112 Å². The molecule has 1 amide bonds. The van der Waals surface area contributed by atoms with Crippen molar-refractivity contribution in [2.24, 2.45) is 0 Å². The van der Waals surface area contributed by atoms with E-state index < -0.39 is 17.7 Å². The molecule has 0 aliphatic heterocycles. The third-order valence-electron chi connectivity index (χ3n) is 1.99. The van der Waals surface area contributed by atoms with Crippen molar-refractivity contribution >= 4 is 17.7 Å². The monoisotopic (exact) mass is 266 g/mol. The molecule has 1 aromatic rings. The Balaban J connectivity index is 2.59. The van der Waals surface area contributed by atoms with Gasteiger partial charge in [-0.1, -0.05) is 6.07 Å². The highest BCUT2D eigenvalue weighted by molar-refractivity contribution is 5.90. The predicted molar refractivity (Wildman–Crippen MR) is 70.8 cm³/mol. The van der Waals surface area contributed by atoms with Crippen LogP contribution in [0.25, 0.3) is 0 Å². The van der Waals surface area contributed by atoms with Gasteiger partial charge in [-0.3, -0.25) is 5.43 Å². The van der Waals surface area contributed by atoms with Crippen molar-refractivity contribution in [1.29, 1.82) is 0 Å². The summed E-state index contributed by atoms with van der Waals surface area (Å²) >= 11 is 0. The van der Waals surface area contributed by atoms with Gasteiger partial charge in [0, 0.05) is 0 Å². The maximum Gasteiger partial charge on any atom is 0.426 e. The number of ether oxygens (including phenoxy) is 2. The summed E-state index contributed by atoms with van der Waals surface area (Å²) in [5.74, 6) is -0.444. The van der Waals surface area contributed by atoms with Crippen LogP contribution in [-0.4, -0.2) is 24.8 Å². The molecule has 0 aromatic heterocycles. The Kier molecular flexibility index (Phi) is 4.74. The lowest BCUT2D eigenvalue weighted by molar-refractivity contribution is 0.0540. The van der Waals surface area contributed by atoms with Gasteiger partial charge in [0.1, 0.15) is 5.60 Å². The van der Waals surface area contributed by atoms with Gasteiger partial charge in [-0.2, -0.15) is 0 Å². The number of carbonyl (C=O) groups excluding carboxylic acids is 2. The van der Waals surface area contributed by atoms with Gasteiger partial charge in [0.25, 0.3) is 0 Å². The molecule has 0 heterocycles. The molecule has 0 radical (unpaired) electrons. The summed E-state index contributed by atoms with van der Waals surface area (Å²) in [6.07, 6.45) is -0.601. The number of benzene rings is 1. The van der Waals surface area contributed by atoms with Gasteiger partial charge >= 0.3 is 12.1 Å². The molecule has 0 spiro atoms. The molecular formula is C13H18N2O4. The molecule has 6 heteroatoms. The number of hydrogen-bond acceptors (Lipinski definition) is 5. The van der Waals surface area contributed by atoms with Crippen molar-refractivity contribution in [3.63, 3.8) is 0 Å². The summed E-state index contributed by atoms with van der Waals surface area (Å²) < 4.78 is 9.66. The molecule has 2 N–H and O–H groups in total. The van der Waals surface area contributed by atoms with Crippen LogP contribution in [0, 0.1) is 0 Å². The van der Waals surface area contributed by atoms with Crippen molar-refractivity contribution in [2.45, 2.75) is 26.4 Å². The van der Waals surface area contributed by atoms with E-state index in [4.69, 9.17) is 4.74 Å². The zero-order valence-corrected chi connectivity index (χ0v) is 11.4. The van der Waals surface area contributed by atoms with E-state index in [0.29, 0.717) is 11.3 Å². The number of esters is 1. The highest BCUT2D eigenvalue weighted by Crippen LogP contribution is 2.11. The van der Waals surface area contributed by atoms with Gasteiger partial charge in [-0.15, -0.1) is 0 Å². The second kappa shape index (κ2) is 6.08.